The molecule has 4 rings (SSSR count). The van der Waals surface area contributed by atoms with E-state index in [0.717, 1.165) is 17.0 Å². The number of ether oxygens (including phenoxy) is 1. The molecule has 1 N–H and O–H groups in total. The average Bonchev–Trinajstić information content (AvgIpc) is 2.91. The minimum absolute atomic E-state index is 0.112. The van der Waals surface area contributed by atoms with Crippen LogP contribution in [0.15, 0.2) is 67.0 Å². The van der Waals surface area contributed by atoms with Gasteiger partial charge in [-0.2, -0.15) is 13.2 Å². The first-order valence-corrected chi connectivity index (χ1v) is 11.4. The molecule has 3 aromatic rings. The molecule has 1 aliphatic heterocycles. The van der Waals surface area contributed by atoms with Crippen LogP contribution in [0.5, 0.6) is 0 Å². The van der Waals surface area contributed by atoms with Gasteiger partial charge in [0, 0.05) is 43.5 Å². The van der Waals surface area contributed by atoms with Crippen molar-refractivity contribution in [2.45, 2.75) is 6.18 Å². The highest BCUT2D eigenvalue weighted by Gasteiger charge is 2.31. The zero-order valence-corrected chi connectivity index (χ0v) is 19.9. The Morgan fingerprint density at radius 3 is 2.57 bits per heavy atom. The van der Waals surface area contributed by atoms with Gasteiger partial charge < -0.3 is 19.9 Å². The Labute approximate surface area is 211 Å². The molecule has 0 spiro atoms. The van der Waals surface area contributed by atoms with Gasteiger partial charge in [0.2, 0.25) is 5.91 Å². The molecule has 1 aromatic heterocycles. The summed E-state index contributed by atoms with van der Waals surface area (Å²) in [6, 6.07) is 12.7. The lowest BCUT2D eigenvalue weighted by molar-refractivity contribution is -0.137. The molecule has 2 aromatic carbocycles. The number of carbonyl (C=O) groups is 2. The minimum Gasteiger partial charge on any atom is -0.378 e. The smallest absolute Gasteiger partial charge is 0.378 e. The van der Waals surface area contributed by atoms with Crippen LogP contribution in [0.3, 0.4) is 0 Å². The van der Waals surface area contributed by atoms with Crippen LogP contribution >= 0.6 is 0 Å². The Morgan fingerprint density at radius 1 is 1.05 bits per heavy atom. The molecule has 192 valence electrons. The average molecular weight is 512 g/mol. The van der Waals surface area contributed by atoms with Crippen LogP contribution in [0.2, 0.25) is 0 Å². The number of amides is 2. The summed E-state index contributed by atoms with van der Waals surface area (Å²) in [7, 11) is 1.40. The van der Waals surface area contributed by atoms with E-state index in [4.69, 9.17) is 4.74 Å². The Morgan fingerprint density at radius 2 is 1.81 bits per heavy atom. The minimum atomic E-state index is -4.51. The Bertz CT molecular complexity index is 1310. The number of hydrogen-bond acceptors (Lipinski definition) is 6. The zero-order valence-electron chi connectivity index (χ0n) is 19.9. The fourth-order valence-electron chi connectivity index (χ4n) is 3.70. The first-order valence-electron chi connectivity index (χ1n) is 11.4. The number of aromatic nitrogens is 2. The Balaban J connectivity index is 1.42. The van der Waals surface area contributed by atoms with Crippen LogP contribution in [0.1, 0.15) is 21.5 Å². The molecule has 0 unspecified atom stereocenters. The number of benzene rings is 2. The maximum absolute atomic E-state index is 13.0. The van der Waals surface area contributed by atoms with Gasteiger partial charge in [-0.3, -0.25) is 9.59 Å². The summed E-state index contributed by atoms with van der Waals surface area (Å²) in [6.07, 6.45) is -0.307. The highest BCUT2D eigenvalue weighted by Crippen LogP contribution is 2.31. The van der Waals surface area contributed by atoms with Crippen molar-refractivity contribution in [2.75, 3.05) is 48.5 Å². The molecule has 2 heterocycles. The van der Waals surface area contributed by atoms with Gasteiger partial charge in [-0.15, -0.1) is 0 Å². The molecule has 0 radical (unpaired) electrons. The van der Waals surface area contributed by atoms with E-state index >= 15 is 0 Å². The summed E-state index contributed by atoms with van der Waals surface area (Å²) >= 11 is 0. The van der Waals surface area contributed by atoms with Gasteiger partial charge in [-0.1, -0.05) is 18.2 Å². The summed E-state index contributed by atoms with van der Waals surface area (Å²) in [5.41, 5.74) is 0.0955. The lowest BCUT2D eigenvalue weighted by atomic mass is 10.1. The van der Waals surface area contributed by atoms with Crippen LogP contribution < -0.4 is 15.1 Å². The quantitative estimate of drug-likeness (QED) is 0.498. The van der Waals surface area contributed by atoms with Gasteiger partial charge in [-0.05, 0) is 42.0 Å². The number of carbonyl (C=O) groups excluding carboxylic acids is 2. The van der Waals surface area contributed by atoms with E-state index in [2.05, 4.69) is 15.3 Å². The van der Waals surface area contributed by atoms with Gasteiger partial charge in [0.15, 0.2) is 0 Å². The Kier molecular flexibility index (Phi) is 7.83. The lowest BCUT2D eigenvalue weighted by Crippen LogP contribution is -2.36. The van der Waals surface area contributed by atoms with Gasteiger partial charge >= 0.3 is 6.18 Å². The lowest BCUT2D eigenvalue weighted by Gasteiger charge is -2.27. The molecule has 1 saturated heterocycles. The normalized spacial score (nSPS) is 14.0. The molecule has 2 amide bonds. The molecular formula is C26H24F3N5O3. The van der Waals surface area contributed by atoms with Crippen LogP contribution in [0.4, 0.5) is 30.5 Å². The van der Waals surface area contributed by atoms with Crippen molar-refractivity contribution >= 4 is 35.2 Å². The number of rotatable bonds is 6. The van der Waals surface area contributed by atoms with E-state index in [1.54, 1.807) is 30.3 Å². The third-order valence-corrected chi connectivity index (χ3v) is 5.67. The molecule has 0 bridgehead atoms. The molecule has 1 fully saturated rings. The topological polar surface area (TPSA) is 87.7 Å². The fourth-order valence-corrected chi connectivity index (χ4v) is 3.70. The molecule has 0 saturated carbocycles. The number of alkyl halides is 3. The molecule has 0 atom stereocenters. The van der Waals surface area contributed by atoms with Crippen molar-refractivity contribution < 1.29 is 27.5 Å². The standard InChI is InChI=1S/C26H24F3N5O3/c1-33(21-7-3-6-20(15-21)26(27,28)29)25(36)19-5-2-4-18(14-19)8-9-24(35)32-22-16-23(31-17-30-22)34-10-12-37-13-11-34/h2-9,14-17H,10-13H2,1H3,(H,30,31,32,35)/b9-8+. The van der Waals surface area contributed by atoms with E-state index in [1.165, 1.54) is 37.7 Å². The molecule has 1 aliphatic rings. The number of nitrogens with zero attached hydrogens (tertiary/aromatic N) is 4. The van der Waals surface area contributed by atoms with Crippen LogP contribution in [-0.2, 0) is 15.7 Å². The number of nitrogens with one attached hydrogen (secondary N) is 1. The number of morpholine rings is 1. The second kappa shape index (κ2) is 11.2. The zero-order chi connectivity index (χ0) is 26.4. The molecule has 37 heavy (non-hydrogen) atoms. The molecule has 8 nitrogen and oxygen atoms in total. The predicted molar refractivity (Wildman–Crippen MR) is 133 cm³/mol. The SMILES string of the molecule is CN(C(=O)c1cccc(/C=C/C(=O)Nc2cc(N3CCOCC3)ncn2)c1)c1cccc(C(F)(F)F)c1. The summed E-state index contributed by atoms with van der Waals surface area (Å²) in [6.45, 7) is 2.60. The highest BCUT2D eigenvalue weighted by molar-refractivity contribution is 6.06. The first kappa shape index (κ1) is 25.8. The molecule has 11 heteroatoms. The second-order valence-corrected chi connectivity index (χ2v) is 8.22. The summed E-state index contributed by atoms with van der Waals surface area (Å²) in [5, 5.41) is 2.68. The third kappa shape index (κ3) is 6.70. The molecular weight excluding hydrogens is 487 g/mol. The van der Waals surface area contributed by atoms with Crippen LogP contribution in [-0.4, -0.2) is 55.1 Å². The van der Waals surface area contributed by atoms with Crippen molar-refractivity contribution in [1.29, 1.82) is 0 Å². The second-order valence-electron chi connectivity index (χ2n) is 8.22. The van der Waals surface area contributed by atoms with Crippen LogP contribution in [0, 0.1) is 0 Å². The van der Waals surface area contributed by atoms with Gasteiger partial charge in [0.25, 0.3) is 5.91 Å². The van der Waals surface area contributed by atoms with E-state index in [-0.39, 0.29) is 11.3 Å². The Hall–Kier alpha value is -4.25. The van der Waals surface area contributed by atoms with E-state index in [9.17, 15) is 22.8 Å². The number of halogens is 3. The number of anilines is 3. The number of hydrogen-bond donors (Lipinski definition) is 1. The van der Waals surface area contributed by atoms with E-state index in [0.29, 0.717) is 43.5 Å². The van der Waals surface area contributed by atoms with Crippen molar-refractivity contribution in [1.82, 2.24) is 9.97 Å². The monoisotopic (exact) mass is 511 g/mol. The fraction of sp³-hybridized carbons (Fsp3) is 0.231. The maximum atomic E-state index is 13.0. The predicted octanol–water partition coefficient (Wildman–Crippen LogP) is 4.26. The summed E-state index contributed by atoms with van der Waals surface area (Å²) in [4.78, 5) is 36.9. The first-order chi connectivity index (χ1) is 17.7. The van der Waals surface area contributed by atoms with Crippen LogP contribution in [0.25, 0.3) is 6.08 Å². The van der Waals surface area contributed by atoms with E-state index < -0.39 is 23.6 Å². The van der Waals surface area contributed by atoms with E-state index in [1.807, 2.05) is 4.90 Å². The van der Waals surface area contributed by atoms with Crippen molar-refractivity contribution in [2.24, 2.45) is 0 Å². The maximum Gasteiger partial charge on any atom is 0.416 e. The van der Waals surface area contributed by atoms with Crippen molar-refractivity contribution in [3.63, 3.8) is 0 Å². The largest absolute Gasteiger partial charge is 0.416 e. The summed E-state index contributed by atoms with van der Waals surface area (Å²) < 4.78 is 44.5. The third-order valence-electron chi connectivity index (χ3n) is 5.67. The van der Waals surface area contributed by atoms with Gasteiger partial charge in [0.05, 0.1) is 18.8 Å². The highest BCUT2D eigenvalue weighted by atomic mass is 19.4. The van der Waals surface area contributed by atoms with Gasteiger partial charge in [0.1, 0.15) is 18.0 Å². The van der Waals surface area contributed by atoms with Crippen molar-refractivity contribution in [3.05, 3.63) is 83.7 Å². The molecule has 0 aliphatic carbocycles. The van der Waals surface area contributed by atoms with Gasteiger partial charge in [-0.25, -0.2) is 9.97 Å². The summed E-state index contributed by atoms with van der Waals surface area (Å²) in [5.74, 6) is 0.117. The van der Waals surface area contributed by atoms with Crippen molar-refractivity contribution in [3.8, 4) is 0 Å².